The largest absolute Gasteiger partial charge is 0.388 e. The average molecular weight is 415 g/mol. The molecule has 4 rings (SSSR count). The van der Waals surface area contributed by atoms with E-state index in [0.717, 1.165) is 35.4 Å². The lowest BCUT2D eigenvalue weighted by atomic mass is 9.88. The van der Waals surface area contributed by atoms with Gasteiger partial charge in [0.05, 0.1) is 17.3 Å². The number of hydrogen-bond donors (Lipinski definition) is 2. The normalized spacial score (nSPS) is 14.5. The van der Waals surface area contributed by atoms with Crippen molar-refractivity contribution in [2.75, 3.05) is 13.1 Å². The van der Waals surface area contributed by atoms with E-state index >= 15 is 0 Å². The Morgan fingerprint density at radius 1 is 1.19 bits per heavy atom. The van der Waals surface area contributed by atoms with Crippen LogP contribution < -0.4 is 0 Å². The average Bonchev–Trinajstić information content (AvgIpc) is 3.19. The summed E-state index contributed by atoms with van der Waals surface area (Å²) < 4.78 is 0. The summed E-state index contributed by atoms with van der Waals surface area (Å²) in [5.74, 6) is 0.970. The Morgan fingerprint density at radius 3 is 2.52 bits per heavy atom. The van der Waals surface area contributed by atoms with E-state index in [1.54, 1.807) is 0 Å². The number of H-pyrrole nitrogens is 1. The van der Waals surface area contributed by atoms with Gasteiger partial charge in [-0.3, -0.25) is 4.79 Å². The van der Waals surface area contributed by atoms with Gasteiger partial charge in [0.1, 0.15) is 12.4 Å². The Balaban J connectivity index is 1.49. The predicted molar refractivity (Wildman–Crippen MR) is 118 cm³/mol. The van der Waals surface area contributed by atoms with Gasteiger partial charge in [0.25, 0.3) is 5.91 Å². The third-order valence-corrected chi connectivity index (χ3v) is 6.12. The zero-order valence-corrected chi connectivity index (χ0v) is 17.9. The number of carbonyl (C=O) groups is 1. The standard InChI is InChI=1S/C25H26N4O2/c1-16-3-6-21(13-22(16)24-17(2)27-23(15-30)28-24)25(31)29-11-9-20(10-12-29)19-7-4-18(14-26)5-8-19/h3-8,13,20,30H,9-12,15H2,1-2H3,(H,27,28). The first-order valence-corrected chi connectivity index (χ1v) is 10.6. The van der Waals surface area contributed by atoms with Gasteiger partial charge in [-0.25, -0.2) is 4.98 Å². The first kappa shape index (κ1) is 20.8. The molecule has 1 saturated heterocycles. The highest BCUT2D eigenvalue weighted by atomic mass is 16.3. The molecule has 2 N–H and O–H groups in total. The van der Waals surface area contributed by atoms with Crippen LogP contribution in [0, 0.1) is 25.2 Å². The number of likely N-dealkylation sites (tertiary alicyclic amines) is 1. The molecular formula is C25H26N4O2. The van der Waals surface area contributed by atoms with Crippen LogP contribution in [0.5, 0.6) is 0 Å². The van der Waals surface area contributed by atoms with E-state index in [9.17, 15) is 9.90 Å². The Hall–Kier alpha value is -3.43. The molecule has 0 spiro atoms. The Morgan fingerprint density at radius 2 is 1.90 bits per heavy atom. The van der Waals surface area contributed by atoms with Crippen molar-refractivity contribution in [2.45, 2.75) is 39.2 Å². The van der Waals surface area contributed by atoms with E-state index in [1.807, 2.05) is 61.2 Å². The van der Waals surface area contributed by atoms with Crippen molar-refractivity contribution in [2.24, 2.45) is 0 Å². The fourth-order valence-electron chi connectivity index (χ4n) is 4.30. The third-order valence-electron chi connectivity index (χ3n) is 6.12. The van der Waals surface area contributed by atoms with Crippen molar-refractivity contribution >= 4 is 5.91 Å². The van der Waals surface area contributed by atoms with Crippen molar-refractivity contribution in [1.82, 2.24) is 14.9 Å². The van der Waals surface area contributed by atoms with E-state index in [4.69, 9.17) is 5.26 Å². The first-order chi connectivity index (χ1) is 15.0. The molecule has 3 aromatic rings. The number of hydrogen-bond acceptors (Lipinski definition) is 4. The molecule has 0 bridgehead atoms. The van der Waals surface area contributed by atoms with Gasteiger partial charge in [0.15, 0.2) is 0 Å². The van der Waals surface area contributed by atoms with Crippen LogP contribution in [0.4, 0.5) is 0 Å². The minimum atomic E-state index is -0.146. The summed E-state index contributed by atoms with van der Waals surface area (Å²) in [7, 11) is 0. The maximum Gasteiger partial charge on any atom is 0.253 e. The molecule has 0 atom stereocenters. The van der Waals surface area contributed by atoms with Gasteiger partial charge < -0.3 is 15.0 Å². The lowest BCUT2D eigenvalue weighted by Crippen LogP contribution is -2.37. The maximum absolute atomic E-state index is 13.2. The summed E-state index contributed by atoms with van der Waals surface area (Å²) in [6.07, 6.45) is 1.82. The lowest BCUT2D eigenvalue weighted by molar-refractivity contribution is 0.0713. The molecule has 1 amide bonds. The second kappa shape index (κ2) is 8.75. The second-order valence-corrected chi connectivity index (χ2v) is 8.15. The number of benzene rings is 2. The first-order valence-electron chi connectivity index (χ1n) is 10.6. The van der Waals surface area contributed by atoms with Crippen LogP contribution >= 0.6 is 0 Å². The third kappa shape index (κ3) is 4.23. The number of nitrogens with one attached hydrogen (secondary N) is 1. The van der Waals surface area contributed by atoms with Crippen molar-refractivity contribution in [1.29, 1.82) is 5.26 Å². The number of aliphatic hydroxyl groups excluding tert-OH is 1. The fourth-order valence-corrected chi connectivity index (χ4v) is 4.30. The Labute approximate surface area is 182 Å². The van der Waals surface area contributed by atoms with Crippen LogP contribution in [0.2, 0.25) is 0 Å². The van der Waals surface area contributed by atoms with E-state index in [0.29, 0.717) is 36.0 Å². The van der Waals surface area contributed by atoms with Crippen LogP contribution in [-0.4, -0.2) is 39.0 Å². The summed E-state index contributed by atoms with van der Waals surface area (Å²) in [5, 5.41) is 18.3. The zero-order valence-electron chi connectivity index (χ0n) is 17.9. The number of imidazole rings is 1. The Kier molecular flexibility index (Phi) is 5.88. The number of aromatic amines is 1. The van der Waals surface area contributed by atoms with Crippen molar-refractivity contribution in [3.63, 3.8) is 0 Å². The van der Waals surface area contributed by atoms with Gasteiger partial charge in [-0.1, -0.05) is 18.2 Å². The molecule has 0 radical (unpaired) electrons. The lowest BCUT2D eigenvalue weighted by Gasteiger charge is -2.32. The molecule has 158 valence electrons. The number of aliphatic hydroxyl groups is 1. The topological polar surface area (TPSA) is 93.0 Å². The van der Waals surface area contributed by atoms with Gasteiger partial charge in [-0.05, 0) is 68.0 Å². The van der Waals surface area contributed by atoms with Gasteiger partial charge in [-0.2, -0.15) is 5.26 Å². The minimum Gasteiger partial charge on any atom is -0.388 e. The predicted octanol–water partition coefficient (Wildman–Crippen LogP) is 4.08. The number of aromatic nitrogens is 2. The second-order valence-electron chi connectivity index (χ2n) is 8.15. The van der Waals surface area contributed by atoms with Crippen LogP contribution in [0.15, 0.2) is 42.5 Å². The molecule has 1 aromatic heterocycles. The quantitative estimate of drug-likeness (QED) is 0.673. The molecule has 2 aromatic carbocycles. The summed E-state index contributed by atoms with van der Waals surface area (Å²) in [5.41, 5.74) is 6.16. The zero-order chi connectivity index (χ0) is 22.0. The smallest absolute Gasteiger partial charge is 0.253 e. The number of piperidine rings is 1. The van der Waals surface area contributed by atoms with Crippen molar-refractivity contribution in [3.8, 4) is 17.3 Å². The minimum absolute atomic E-state index is 0.0371. The summed E-state index contributed by atoms with van der Waals surface area (Å²) in [6, 6.07) is 15.7. The highest BCUT2D eigenvalue weighted by Crippen LogP contribution is 2.30. The number of aryl methyl sites for hydroxylation is 2. The molecule has 6 nitrogen and oxygen atoms in total. The molecule has 1 aliphatic heterocycles. The number of nitrogens with zero attached hydrogens (tertiary/aromatic N) is 3. The fraction of sp³-hybridized carbons (Fsp3) is 0.320. The highest BCUT2D eigenvalue weighted by Gasteiger charge is 2.25. The van der Waals surface area contributed by atoms with Crippen LogP contribution in [0.3, 0.4) is 0 Å². The summed E-state index contributed by atoms with van der Waals surface area (Å²) in [4.78, 5) is 22.7. The van der Waals surface area contributed by atoms with Gasteiger partial charge in [0.2, 0.25) is 0 Å². The number of rotatable bonds is 4. The molecule has 0 saturated carbocycles. The van der Waals surface area contributed by atoms with E-state index in [1.165, 1.54) is 5.56 Å². The van der Waals surface area contributed by atoms with Gasteiger partial charge >= 0.3 is 0 Å². The molecule has 0 unspecified atom stereocenters. The summed E-state index contributed by atoms with van der Waals surface area (Å²) >= 11 is 0. The summed E-state index contributed by atoms with van der Waals surface area (Å²) in [6.45, 7) is 5.20. The molecular weight excluding hydrogens is 388 g/mol. The van der Waals surface area contributed by atoms with E-state index in [2.05, 4.69) is 16.0 Å². The molecule has 2 heterocycles. The molecule has 0 aliphatic carbocycles. The monoisotopic (exact) mass is 414 g/mol. The molecule has 6 heteroatoms. The maximum atomic E-state index is 13.2. The Bertz CT molecular complexity index is 1130. The van der Waals surface area contributed by atoms with Crippen LogP contribution in [-0.2, 0) is 6.61 Å². The van der Waals surface area contributed by atoms with Gasteiger partial charge in [-0.15, -0.1) is 0 Å². The molecule has 31 heavy (non-hydrogen) atoms. The SMILES string of the molecule is Cc1ccc(C(=O)N2CCC(c3ccc(C#N)cc3)CC2)cc1-c1nc(CO)[nH]c1C. The van der Waals surface area contributed by atoms with Crippen LogP contribution in [0.1, 0.15) is 57.3 Å². The van der Waals surface area contributed by atoms with Crippen molar-refractivity contribution < 1.29 is 9.90 Å². The number of nitriles is 1. The van der Waals surface area contributed by atoms with Gasteiger partial charge in [0, 0.05) is 29.9 Å². The van der Waals surface area contributed by atoms with Crippen molar-refractivity contribution in [3.05, 3.63) is 76.2 Å². The van der Waals surface area contributed by atoms with E-state index in [-0.39, 0.29) is 12.5 Å². The van der Waals surface area contributed by atoms with Crippen LogP contribution in [0.25, 0.3) is 11.3 Å². The highest BCUT2D eigenvalue weighted by molar-refractivity contribution is 5.95. The molecule has 1 fully saturated rings. The molecule has 1 aliphatic rings. The number of amides is 1. The van der Waals surface area contributed by atoms with E-state index < -0.39 is 0 Å². The number of carbonyl (C=O) groups excluding carboxylic acids is 1.